The maximum Gasteiger partial charge on any atom is 0.346 e. The molecule has 1 aliphatic heterocycles. The van der Waals surface area contributed by atoms with Gasteiger partial charge in [0.2, 0.25) is 0 Å². The summed E-state index contributed by atoms with van der Waals surface area (Å²) in [7, 11) is 1.67. The second kappa shape index (κ2) is 6.05. The largest absolute Gasteiger partial charge is 0.385 e. The van der Waals surface area contributed by atoms with Crippen LogP contribution < -0.4 is 5.73 Å². The maximum absolute atomic E-state index is 11.9. The van der Waals surface area contributed by atoms with Crippen LogP contribution in [0.5, 0.6) is 0 Å². The standard InChI is InChI=1S/C15H21N3O2/c1-10(2)8-18-13(14(16)17-15(18)19)12-6-4-11(5-7-12)9-20-3/h4-7,10,13H,8-9H2,1-3H3,(H2,16,17,19). The highest BCUT2D eigenvalue weighted by Crippen LogP contribution is 2.28. The number of amidine groups is 1. The van der Waals surface area contributed by atoms with Crippen LogP contribution in [-0.4, -0.2) is 30.4 Å². The van der Waals surface area contributed by atoms with Crippen LogP contribution in [-0.2, 0) is 11.3 Å². The Morgan fingerprint density at radius 2 is 2.00 bits per heavy atom. The number of hydrogen-bond acceptors (Lipinski definition) is 3. The highest BCUT2D eigenvalue weighted by molar-refractivity contribution is 6.03. The Labute approximate surface area is 119 Å². The Balaban J connectivity index is 2.23. The first-order valence-electron chi connectivity index (χ1n) is 6.75. The van der Waals surface area contributed by atoms with Crippen LogP contribution in [0.3, 0.4) is 0 Å². The summed E-state index contributed by atoms with van der Waals surface area (Å²) >= 11 is 0. The van der Waals surface area contributed by atoms with Crippen molar-refractivity contribution < 1.29 is 9.53 Å². The molecule has 1 atom stereocenters. The summed E-state index contributed by atoms with van der Waals surface area (Å²) in [5.74, 6) is 0.741. The first kappa shape index (κ1) is 14.5. The van der Waals surface area contributed by atoms with E-state index in [1.54, 1.807) is 12.0 Å². The minimum absolute atomic E-state index is 0.248. The fourth-order valence-electron chi connectivity index (χ4n) is 2.40. The molecule has 1 unspecified atom stereocenters. The second-order valence-electron chi connectivity index (χ2n) is 5.44. The fourth-order valence-corrected chi connectivity index (χ4v) is 2.40. The lowest BCUT2D eigenvalue weighted by Gasteiger charge is -2.26. The smallest absolute Gasteiger partial charge is 0.346 e. The van der Waals surface area contributed by atoms with E-state index in [1.807, 2.05) is 24.3 Å². The molecule has 0 bridgehead atoms. The number of carbonyl (C=O) groups is 1. The fraction of sp³-hybridized carbons (Fsp3) is 0.467. The van der Waals surface area contributed by atoms with E-state index < -0.39 is 0 Å². The van der Waals surface area contributed by atoms with Crippen LogP contribution in [0.15, 0.2) is 29.3 Å². The molecule has 5 nitrogen and oxygen atoms in total. The number of rotatable bonds is 5. The Morgan fingerprint density at radius 3 is 2.55 bits per heavy atom. The van der Waals surface area contributed by atoms with Crippen LogP contribution in [0.2, 0.25) is 0 Å². The van der Waals surface area contributed by atoms with E-state index in [0.29, 0.717) is 24.9 Å². The predicted octanol–water partition coefficient (Wildman–Crippen LogP) is 2.32. The van der Waals surface area contributed by atoms with E-state index in [1.165, 1.54) is 0 Å². The monoisotopic (exact) mass is 275 g/mol. The van der Waals surface area contributed by atoms with Crippen LogP contribution in [0, 0.1) is 5.92 Å². The van der Waals surface area contributed by atoms with Gasteiger partial charge in [0.1, 0.15) is 11.9 Å². The molecule has 0 radical (unpaired) electrons. The number of amides is 2. The van der Waals surface area contributed by atoms with Crippen molar-refractivity contribution >= 4 is 11.9 Å². The summed E-state index contributed by atoms with van der Waals surface area (Å²) in [4.78, 5) is 17.5. The van der Waals surface area contributed by atoms with E-state index in [4.69, 9.17) is 10.5 Å². The van der Waals surface area contributed by atoms with Gasteiger partial charge >= 0.3 is 6.03 Å². The van der Waals surface area contributed by atoms with E-state index in [9.17, 15) is 4.79 Å². The Bertz CT molecular complexity index is 508. The zero-order chi connectivity index (χ0) is 14.7. The molecule has 1 aliphatic rings. The van der Waals surface area contributed by atoms with E-state index >= 15 is 0 Å². The van der Waals surface area contributed by atoms with Crippen molar-refractivity contribution in [2.24, 2.45) is 16.6 Å². The number of carbonyl (C=O) groups excluding carboxylic acids is 1. The van der Waals surface area contributed by atoms with Crippen LogP contribution in [0.1, 0.15) is 31.0 Å². The van der Waals surface area contributed by atoms with Crippen LogP contribution in [0.4, 0.5) is 4.79 Å². The normalized spacial score (nSPS) is 18.8. The predicted molar refractivity (Wildman–Crippen MR) is 78.5 cm³/mol. The number of aliphatic imine (C=N–C) groups is 1. The lowest BCUT2D eigenvalue weighted by Crippen LogP contribution is -2.35. The van der Waals surface area contributed by atoms with Gasteiger partial charge in [-0.3, -0.25) is 0 Å². The number of ether oxygens (including phenoxy) is 1. The first-order chi connectivity index (χ1) is 9.52. The van der Waals surface area contributed by atoms with Gasteiger partial charge in [0.05, 0.1) is 6.61 Å². The summed E-state index contributed by atoms with van der Waals surface area (Å²) in [6.45, 7) is 5.36. The van der Waals surface area contributed by atoms with Gasteiger partial charge in [0, 0.05) is 13.7 Å². The van der Waals surface area contributed by atoms with E-state index in [-0.39, 0.29) is 12.1 Å². The minimum Gasteiger partial charge on any atom is -0.385 e. The van der Waals surface area contributed by atoms with Gasteiger partial charge < -0.3 is 15.4 Å². The van der Waals surface area contributed by atoms with Gasteiger partial charge in [-0.15, -0.1) is 0 Å². The zero-order valence-corrected chi connectivity index (χ0v) is 12.2. The number of methoxy groups -OCH3 is 1. The third-order valence-electron chi connectivity index (χ3n) is 3.23. The SMILES string of the molecule is COCc1ccc(C2C(N)=NC(=O)N2CC(C)C)cc1. The van der Waals surface area contributed by atoms with Gasteiger partial charge in [-0.05, 0) is 17.0 Å². The second-order valence-corrected chi connectivity index (χ2v) is 5.44. The van der Waals surface area contributed by atoms with Gasteiger partial charge in [-0.2, -0.15) is 4.99 Å². The quantitative estimate of drug-likeness (QED) is 0.896. The van der Waals surface area contributed by atoms with Gasteiger partial charge in [-0.25, -0.2) is 4.79 Å². The molecule has 2 rings (SSSR count). The minimum atomic E-state index is -0.249. The molecule has 108 valence electrons. The molecule has 0 aliphatic carbocycles. The summed E-state index contributed by atoms with van der Waals surface area (Å²) in [6.07, 6.45) is 0. The molecular formula is C15H21N3O2. The van der Waals surface area contributed by atoms with Crippen molar-refractivity contribution in [3.8, 4) is 0 Å². The van der Waals surface area contributed by atoms with Gasteiger partial charge in [-0.1, -0.05) is 38.1 Å². The van der Waals surface area contributed by atoms with Crippen molar-refractivity contribution in [1.82, 2.24) is 4.90 Å². The van der Waals surface area contributed by atoms with Crippen molar-refractivity contribution in [2.75, 3.05) is 13.7 Å². The molecule has 0 saturated heterocycles. The highest BCUT2D eigenvalue weighted by Gasteiger charge is 2.34. The first-order valence-corrected chi connectivity index (χ1v) is 6.75. The lowest BCUT2D eigenvalue weighted by molar-refractivity contribution is 0.185. The van der Waals surface area contributed by atoms with Crippen molar-refractivity contribution in [1.29, 1.82) is 0 Å². The molecule has 1 aromatic carbocycles. The Kier molecular flexibility index (Phi) is 4.39. The summed E-state index contributed by atoms with van der Waals surface area (Å²) in [5.41, 5.74) is 8.00. The molecular weight excluding hydrogens is 254 g/mol. The topological polar surface area (TPSA) is 67.9 Å². The van der Waals surface area contributed by atoms with Crippen LogP contribution in [0.25, 0.3) is 0 Å². The number of urea groups is 1. The van der Waals surface area contributed by atoms with Crippen molar-refractivity contribution in [2.45, 2.75) is 26.5 Å². The average molecular weight is 275 g/mol. The molecule has 20 heavy (non-hydrogen) atoms. The Morgan fingerprint density at radius 1 is 1.35 bits per heavy atom. The third kappa shape index (κ3) is 2.99. The van der Waals surface area contributed by atoms with Gasteiger partial charge in [0.15, 0.2) is 0 Å². The molecule has 2 amide bonds. The molecule has 0 saturated carbocycles. The molecule has 0 spiro atoms. The molecule has 0 aromatic heterocycles. The lowest BCUT2D eigenvalue weighted by atomic mass is 10.0. The molecule has 5 heteroatoms. The maximum atomic E-state index is 11.9. The highest BCUT2D eigenvalue weighted by atomic mass is 16.5. The van der Waals surface area contributed by atoms with Crippen molar-refractivity contribution in [3.63, 3.8) is 0 Å². The third-order valence-corrected chi connectivity index (χ3v) is 3.23. The molecule has 2 N–H and O–H groups in total. The number of nitrogens with zero attached hydrogens (tertiary/aromatic N) is 2. The average Bonchev–Trinajstić information content (AvgIpc) is 2.65. The number of hydrogen-bond donors (Lipinski definition) is 1. The van der Waals surface area contributed by atoms with E-state index in [2.05, 4.69) is 18.8 Å². The summed E-state index contributed by atoms with van der Waals surface area (Å²) < 4.78 is 5.09. The number of benzene rings is 1. The van der Waals surface area contributed by atoms with Crippen LogP contribution >= 0.6 is 0 Å². The van der Waals surface area contributed by atoms with E-state index in [0.717, 1.165) is 11.1 Å². The molecule has 1 aromatic rings. The summed E-state index contributed by atoms with van der Waals surface area (Å²) in [5, 5.41) is 0. The zero-order valence-electron chi connectivity index (χ0n) is 12.2. The molecule has 0 fully saturated rings. The Hall–Kier alpha value is -1.88. The van der Waals surface area contributed by atoms with Gasteiger partial charge in [0.25, 0.3) is 0 Å². The molecule has 1 heterocycles. The number of nitrogens with two attached hydrogens (primary N) is 1. The summed E-state index contributed by atoms with van der Waals surface area (Å²) in [6, 6.07) is 7.44. The van der Waals surface area contributed by atoms with Crippen molar-refractivity contribution in [3.05, 3.63) is 35.4 Å².